The summed E-state index contributed by atoms with van der Waals surface area (Å²) in [5, 5.41) is 25.9. The molecule has 5 aromatic carbocycles. The molecule has 0 aromatic heterocycles. The molecule has 3 N–H and O–H groups in total. The van der Waals surface area contributed by atoms with Crippen LogP contribution >= 0.6 is 0 Å². The van der Waals surface area contributed by atoms with Crippen LogP contribution in [0.25, 0.3) is 0 Å². The maximum absolute atomic E-state index is 8.63. The standard InChI is InChI=1S/2C12H18.3C6H6O.3C2H6/c2*1-9(2)11-5-7-12(8-6-11)10(3)4;3*7-6-4-2-1-3-5-6;3*1-2/h2*5-10H,1-4H3;3*1-5,7H;3*1-2H3. The molecule has 0 fully saturated rings. The maximum atomic E-state index is 8.63. The number of aromatic hydroxyl groups is 3. The first kappa shape index (κ1) is 50.9. The van der Waals surface area contributed by atoms with Crippen molar-refractivity contribution < 1.29 is 15.3 Å². The zero-order chi connectivity index (χ0) is 39.6. The molecule has 0 spiro atoms. The molecule has 0 radical (unpaired) electrons. The minimum atomic E-state index is 0.322. The van der Waals surface area contributed by atoms with Gasteiger partial charge in [-0.05, 0) is 82.3 Å². The average molecular weight is 697 g/mol. The SMILES string of the molecule is CC.CC.CC.CC(C)c1ccc(C(C)C)cc1.CC(C)c1ccc(C(C)C)cc1.Oc1ccccc1.Oc1ccccc1.Oc1ccccc1. The number of phenols is 3. The Balaban J connectivity index is -0.000000554. The summed E-state index contributed by atoms with van der Waals surface area (Å²) in [5.41, 5.74) is 5.72. The van der Waals surface area contributed by atoms with Crippen LogP contribution in [0.1, 0.15) is 143 Å². The van der Waals surface area contributed by atoms with Crippen LogP contribution in [0.5, 0.6) is 17.2 Å². The van der Waals surface area contributed by atoms with Crippen LogP contribution in [0, 0.1) is 0 Å². The molecule has 51 heavy (non-hydrogen) atoms. The van der Waals surface area contributed by atoms with Gasteiger partial charge in [-0.25, -0.2) is 0 Å². The fraction of sp³-hybridized carbons (Fsp3) is 0.375. The van der Waals surface area contributed by atoms with Gasteiger partial charge < -0.3 is 15.3 Å². The van der Waals surface area contributed by atoms with Crippen molar-refractivity contribution in [3.8, 4) is 17.2 Å². The first-order valence-corrected chi connectivity index (χ1v) is 18.8. The zero-order valence-electron chi connectivity index (χ0n) is 34.4. The number of benzene rings is 5. The van der Waals surface area contributed by atoms with Crippen molar-refractivity contribution >= 4 is 0 Å². The van der Waals surface area contributed by atoms with E-state index in [4.69, 9.17) is 15.3 Å². The molecule has 0 aliphatic heterocycles. The third kappa shape index (κ3) is 28.0. The number of rotatable bonds is 4. The lowest BCUT2D eigenvalue weighted by atomic mass is 9.97. The van der Waals surface area contributed by atoms with Gasteiger partial charge in [0.25, 0.3) is 0 Å². The van der Waals surface area contributed by atoms with E-state index < -0.39 is 0 Å². The van der Waals surface area contributed by atoms with Crippen molar-refractivity contribution in [3.05, 3.63) is 162 Å². The van der Waals surface area contributed by atoms with Crippen LogP contribution in [-0.4, -0.2) is 15.3 Å². The Bertz CT molecular complexity index is 1180. The molecular formula is C48H72O3. The Hall–Kier alpha value is -4.50. The normalized spacial score (nSPS) is 9.14. The maximum Gasteiger partial charge on any atom is 0.115 e. The first-order valence-electron chi connectivity index (χ1n) is 18.8. The van der Waals surface area contributed by atoms with Crippen molar-refractivity contribution in [2.75, 3.05) is 0 Å². The van der Waals surface area contributed by atoms with Crippen LogP contribution in [0.15, 0.2) is 140 Å². The molecule has 0 aliphatic rings. The molecule has 0 atom stereocenters. The summed E-state index contributed by atoms with van der Waals surface area (Å²) in [6, 6.07) is 44.0. The van der Waals surface area contributed by atoms with Crippen LogP contribution in [0.2, 0.25) is 0 Å². The van der Waals surface area contributed by atoms with Gasteiger partial charge in [0.05, 0.1) is 0 Å². The smallest absolute Gasteiger partial charge is 0.115 e. The first-order chi connectivity index (χ1) is 24.4. The minimum absolute atomic E-state index is 0.322. The van der Waals surface area contributed by atoms with Crippen molar-refractivity contribution in [1.82, 2.24) is 0 Å². The van der Waals surface area contributed by atoms with E-state index in [0.717, 1.165) is 0 Å². The predicted molar refractivity (Wildman–Crippen MR) is 228 cm³/mol. The van der Waals surface area contributed by atoms with Gasteiger partial charge in [-0.3, -0.25) is 0 Å². The van der Waals surface area contributed by atoms with E-state index in [-0.39, 0.29) is 0 Å². The van der Waals surface area contributed by atoms with Crippen molar-refractivity contribution in [1.29, 1.82) is 0 Å². The number of hydrogen-bond acceptors (Lipinski definition) is 3. The second-order valence-electron chi connectivity index (χ2n) is 12.0. The van der Waals surface area contributed by atoms with E-state index in [0.29, 0.717) is 40.9 Å². The Labute approximate surface area is 314 Å². The van der Waals surface area contributed by atoms with Gasteiger partial charge >= 0.3 is 0 Å². The number of para-hydroxylation sites is 3. The number of phenolic OH excluding ortho intramolecular Hbond substituents is 3. The quantitative estimate of drug-likeness (QED) is 0.175. The Morgan fingerprint density at radius 1 is 0.255 bits per heavy atom. The van der Waals surface area contributed by atoms with Crippen LogP contribution in [-0.2, 0) is 0 Å². The highest BCUT2D eigenvalue weighted by atomic mass is 16.3. The van der Waals surface area contributed by atoms with Gasteiger partial charge in [0, 0.05) is 0 Å². The summed E-state index contributed by atoms with van der Waals surface area (Å²) in [6.07, 6.45) is 0. The van der Waals surface area contributed by atoms with E-state index in [1.807, 2.05) is 59.7 Å². The third-order valence-corrected chi connectivity index (χ3v) is 6.81. The lowest BCUT2D eigenvalue weighted by Crippen LogP contribution is -1.90. The fourth-order valence-corrected chi connectivity index (χ4v) is 3.82. The molecule has 3 nitrogen and oxygen atoms in total. The highest BCUT2D eigenvalue weighted by molar-refractivity contribution is 5.27. The molecule has 0 heterocycles. The Morgan fingerprint density at radius 2 is 0.392 bits per heavy atom. The predicted octanol–water partition coefficient (Wildman–Crippen LogP) is 15.1. The summed E-state index contributed by atoms with van der Waals surface area (Å²) in [6.45, 7) is 29.8. The van der Waals surface area contributed by atoms with Gasteiger partial charge in [-0.1, -0.05) is 200 Å². The Kier molecular flexibility index (Phi) is 33.9. The molecule has 0 bridgehead atoms. The summed E-state index contributed by atoms with van der Waals surface area (Å²) < 4.78 is 0. The van der Waals surface area contributed by atoms with Gasteiger partial charge in [0.15, 0.2) is 0 Å². The van der Waals surface area contributed by atoms with Gasteiger partial charge in [0.1, 0.15) is 17.2 Å². The van der Waals surface area contributed by atoms with Crippen LogP contribution < -0.4 is 0 Å². The second kappa shape index (κ2) is 34.0. The van der Waals surface area contributed by atoms with Crippen LogP contribution in [0.4, 0.5) is 0 Å². The van der Waals surface area contributed by atoms with Crippen molar-refractivity contribution in [3.63, 3.8) is 0 Å². The minimum Gasteiger partial charge on any atom is -0.508 e. The third-order valence-electron chi connectivity index (χ3n) is 6.81. The summed E-state index contributed by atoms with van der Waals surface area (Å²) >= 11 is 0. The Morgan fingerprint density at radius 3 is 0.471 bits per heavy atom. The fourth-order valence-electron chi connectivity index (χ4n) is 3.82. The molecule has 0 saturated heterocycles. The largest absolute Gasteiger partial charge is 0.508 e. The van der Waals surface area contributed by atoms with E-state index in [1.165, 1.54) is 22.3 Å². The lowest BCUT2D eigenvalue weighted by molar-refractivity contribution is 0.475. The highest BCUT2D eigenvalue weighted by Crippen LogP contribution is 2.20. The van der Waals surface area contributed by atoms with E-state index in [9.17, 15) is 0 Å². The highest BCUT2D eigenvalue weighted by Gasteiger charge is 2.01. The van der Waals surface area contributed by atoms with E-state index in [1.54, 1.807) is 72.8 Å². The molecule has 0 unspecified atom stereocenters. The van der Waals surface area contributed by atoms with Gasteiger partial charge in [0.2, 0.25) is 0 Å². The molecule has 5 rings (SSSR count). The molecule has 0 aliphatic carbocycles. The molecule has 5 aromatic rings. The molecule has 282 valence electrons. The summed E-state index contributed by atoms with van der Waals surface area (Å²) in [4.78, 5) is 0. The van der Waals surface area contributed by atoms with Crippen molar-refractivity contribution in [2.24, 2.45) is 0 Å². The molecule has 0 saturated carbocycles. The molecule has 3 heteroatoms. The summed E-state index contributed by atoms with van der Waals surface area (Å²) in [7, 11) is 0. The monoisotopic (exact) mass is 697 g/mol. The van der Waals surface area contributed by atoms with Crippen molar-refractivity contribution in [2.45, 2.75) is 121 Å². The second-order valence-corrected chi connectivity index (χ2v) is 12.0. The van der Waals surface area contributed by atoms with Gasteiger partial charge in [-0.15, -0.1) is 0 Å². The van der Waals surface area contributed by atoms with E-state index >= 15 is 0 Å². The van der Waals surface area contributed by atoms with Gasteiger partial charge in [-0.2, -0.15) is 0 Å². The average Bonchev–Trinajstić information content (AvgIpc) is 3.16. The van der Waals surface area contributed by atoms with Crippen LogP contribution in [0.3, 0.4) is 0 Å². The zero-order valence-corrected chi connectivity index (χ0v) is 34.4. The summed E-state index contributed by atoms with van der Waals surface area (Å²) in [5.74, 6) is 3.54. The molecular weight excluding hydrogens is 625 g/mol. The van der Waals surface area contributed by atoms with E-state index in [2.05, 4.69) is 104 Å². The lowest BCUT2D eigenvalue weighted by Gasteiger charge is -2.08. The molecule has 0 amide bonds. The number of hydrogen-bond donors (Lipinski definition) is 3. The topological polar surface area (TPSA) is 60.7 Å².